The van der Waals surface area contributed by atoms with E-state index < -0.39 is 26.0 Å². The zero-order valence-corrected chi connectivity index (χ0v) is 14.2. The average Bonchev–Trinajstić information content (AvgIpc) is 2.81. The predicted octanol–water partition coefficient (Wildman–Crippen LogP) is 0.351. The summed E-state index contributed by atoms with van der Waals surface area (Å²) in [6, 6.07) is 0. The summed E-state index contributed by atoms with van der Waals surface area (Å²) in [5.41, 5.74) is 11.9. The predicted molar refractivity (Wildman–Crippen MR) is 87.3 cm³/mol. The lowest BCUT2D eigenvalue weighted by atomic mass is 10.2. The summed E-state index contributed by atoms with van der Waals surface area (Å²) >= 11 is 0. The highest BCUT2D eigenvalue weighted by atomic mass is 31.2. The molecule has 0 saturated carbocycles. The molecule has 0 spiro atoms. The molecule has 6 N–H and O–H groups in total. The minimum atomic E-state index is -4.26. The first-order chi connectivity index (χ1) is 11.1. The molecule has 2 aromatic rings. The topological polar surface area (TPSA) is 167 Å². The van der Waals surface area contributed by atoms with Gasteiger partial charge in [-0.15, -0.1) is 0 Å². The van der Waals surface area contributed by atoms with E-state index in [1.54, 1.807) is 11.5 Å². The van der Waals surface area contributed by atoms with E-state index in [1.807, 2.05) is 6.92 Å². The van der Waals surface area contributed by atoms with Crippen molar-refractivity contribution < 1.29 is 23.9 Å². The summed E-state index contributed by atoms with van der Waals surface area (Å²) in [5, 5.41) is 0.359. The third kappa shape index (κ3) is 4.09. The number of fused-ring (bicyclic) bond motifs is 1. The Kier molecular flexibility index (Phi) is 5.24. The van der Waals surface area contributed by atoms with E-state index in [0.717, 1.165) is 0 Å². The number of primary amides is 1. The molecule has 11 heteroatoms. The molecule has 0 unspecified atom stereocenters. The van der Waals surface area contributed by atoms with Crippen LogP contribution in [0.3, 0.4) is 0 Å². The number of anilines is 1. The monoisotopic (exact) mass is 357 g/mol. The Balaban J connectivity index is 2.41. The van der Waals surface area contributed by atoms with Crippen molar-refractivity contribution in [2.45, 2.75) is 32.9 Å². The van der Waals surface area contributed by atoms with Gasteiger partial charge in [0.2, 0.25) is 0 Å². The lowest BCUT2D eigenvalue weighted by Gasteiger charge is -2.17. The summed E-state index contributed by atoms with van der Waals surface area (Å²) in [4.78, 5) is 37.8. The van der Waals surface area contributed by atoms with Crippen molar-refractivity contribution >= 4 is 30.4 Å². The fourth-order valence-electron chi connectivity index (χ4n) is 2.37. The van der Waals surface area contributed by atoms with Crippen molar-refractivity contribution in [2.24, 2.45) is 5.73 Å². The van der Waals surface area contributed by atoms with Crippen LogP contribution >= 0.6 is 7.60 Å². The molecule has 132 valence electrons. The minimum absolute atomic E-state index is 0.147. The van der Waals surface area contributed by atoms with E-state index >= 15 is 0 Å². The van der Waals surface area contributed by atoms with Crippen LogP contribution in [-0.4, -0.2) is 42.7 Å². The van der Waals surface area contributed by atoms with Gasteiger partial charge in [-0.25, -0.2) is 9.97 Å². The molecule has 0 saturated heterocycles. The Labute approximate surface area is 138 Å². The molecule has 10 nitrogen and oxygen atoms in total. The number of nitrogens with two attached hydrogens (primary N) is 2. The first-order valence-electron chi connectivity index (χ1n) is 7.21. The molecule has 0 aliphatic rings. The molecule has 0 radical (unpaired) electrons. The standard InChI is InChI=1S/C13H20N5O5P/c1-3-8(23-6-24(20,21)22)4-18-5-9(12(15)19)10-11(14)16-7(2)17-13(10)18/h5,8H,3-4,6H2,1-2H3,(H2,15,19)(H2,14,16,17)(H2,20,21,22)/t8-/m1/s1. The van der Waals surface area contributed by atoms with Crippen LogP contribution < -0.4 is 11.5 Å². The maximum Gasteiger partial charge on any atom is 0.350 e. The highest BCUT2D eigenvalue weighted by Crippen LogP contribution is 2.35. The summed E-state index contributed by atoms with van der Waals surface area (Å²) in [7, 11) is -4.26. The van der Waals surface area contributed by atoms with Crippen LogP contribution in [0.2, 0.25) is 0 Å². The third-order valence-electron chi connectivity index (χ3n) is 3.46. The summed E-state index contributed by atoms with van der Waals surface area (Å²) in [5.74, 6) is -0.0872. The zero-order valence-electron chi connectivity index (χ0n) is 13.3. The van der Waals surface area contributed by atoms with Gasteiger partial charge in [0, 0.05) is 6.20 Å². The molecule has 0 bridgehead atoms. The van der Waals surface area contributed by atoms with Crippen LogP contribution in [0.4, 0.5) is 5.82 Å². The summed E-state index contributed by atoms with van der Waals surface area (Å²) < 4.78 is 17.9. The van der Waals surface area contributed by atoms with E-state index in [-0.39, 0.29) is 17.9 Å². The lowest BCUT2D eigenvalue weighted by molar-refractivity contribution is 0.0604. The second-order valence-electron chi connectivity index (χ2n) is 5.40. The van der Waals surface area contributed by atoms with E-state index in [0.29, 0.717) is 23.3 Å². The maximum absolute atomic E-state index is 11.6. The molecule has 0 fully saturated rings. The Morgan fingerprint density at radius 2 is 2.12 bits per heavy atom. The number of hydrogen-bond acceptors (Lipinski definition) is 6. The quantitative estimate of drug-likeness (QED) is 0.515. The van der Waals surface area contributed by atoms with Crippen LogP contribution in [-0.2, 0) is 15.8 Å². The Bertz CT molecular complexity index is 815. The van der Waals surface area contributed by atoms with Crippen LogP contribution in [0.5, 0.6) is 0 Å². The van der Waals surface area contributed by atoms with Gasteiger partial charge in [-0.2, -0.15) is 0 Å². The second-order valence-corrected chi connectivity index (χ2v) is 6.99. The number of ether oxygens (including phenoxy) is 1. The van der Waals surface area contributed by atoms with Crippen molar-refractivity contribution in [2.75, 3.05) is 12.1 Å². The minimum Gasteiger partial charge on any atom is -0.383 e. The first kappa shape index (κ1) is 18.3. The second kappa shape index (κ2) is 6.86. The SMILES string of the molecule is CC[C@H](Cn1cc(C(N)=O)c2c(N)nc(C)nc21)OCP(=O)(O)O. The molecule has 2 heterocycles. The number of nitrogens with zero attached hydrogens (tertiary/aromatic N) is 3. The van der Waals surface area contributed by atoms with Gasteiger partial charge in [0.25, 0.3) is 5.91 Å². The molecule has 0 aliphatic heterocycles. The van der Waals surface area contributed by atoms with Crippen molar-refractivity contribution in [1.29, 1.82) is 0 Å². The van der Waals surface area contributed by atoms with Gasteiger partial charge in [-0.1, -0.05) is 6.92 Å². The number of rotatable bonds is 7. The van der Waals surface area contributed by atoms with Crippen LogP contribution in [0.1, 0.15) is 29.5 Å². The maximum atomic E-state index is 11.6. The Morgan fingerprint density at radius 1 is 1.46 bits per heavy atom. The van der Waals surface area contributed by atoms with Crippen molar-refractivity contribution in [1.82, 2.24) is 14.5 Å². The number of aromatic nitrogens is 3. The fraction of sp³-hybridized carbons (Fsp3) is 0.462. The van der Waals surface area contributed by atoms with Crippen molar-refractivity contribution in [3.05, 3.63) is 17.6 Å². The van der Waals surface area contributed by atoms with E-state index in [2.05, 4.69) is 9.97 Å². The van der Waals surface area contributed by atoms with Crippen molar-refractivity contribution in [3.63, 3.8) is 0 Å². The van der Waals surface area contributed by atoms with Gasteiger partial charge in [0.15, 0.2) is 0 Å². The molecule has 0 aliphatic carbocycles. The number of amides is 1. The van der Waals surface area contributed by atoms with Gasteiger partial charge in [0.05, 0.1) is 23.6 Å². The van der Waals surface area contributed by atoms with Gasteiger partial charge in [-0.3, -0.25) is 9.36 Å². The van der Waals surface area contributed by atoms with Crippen molar-refractivity contribution in [3.8, 4) is 0 Å². The number of aryl methyl sites for hydroxylation is 1. The zero-order chi connectivity index (χ0) is 18.1. The van der Waals surface area contributed by atoms with Gasteiger partial charge in [0.1, 0.15) is 23.6 Å². The van der Waals surface area contributed by atoms with Crippen LogP contribution in [0.15, 0.2) is 6.20 Å². The van der Waals surface area contributed by atoms with Crippen LogP contribution in [0, 0.1) is 6.92 Å². The molecule has 2 aromatic heterocycles. The number of nitrogen functional groups attached to an aromatic ring is 1. The number of carbonyl (C=O) groups is 1. The van der Waals surface area contributed by atoms with Gasteiger partial charge in [-0.05, 0) is 13.3 Å². The first-order valence-corrected chi connectivity index (χ1v) is 9.01. The largest absolute Gasteiger partial charge is 0.383 e. The summed E-state index contributed by atoms with van der Waals surface area (Å²) in [6.07, 6.45) is 0.848. The smallest absolute Gasteiger partial charge is 0.350 e. The van der Waals surface area contributed by atoms with E-state index in [9.17, 15) is 9.36 Å². The van der Waals surface area contributed by atoms with Gasteiger partial charge < -0.3 is 30.6 Å². The van der Waals surface area contributed by atoms with Crippen LogP contribution in [0.25, 0.3) is 11.0 Å². The normalized spacial score (nSPS) is 13.3. The number of carbonyl (C=O) groups excluding carboxylic acids is 1. The lowest BCUT2D eigenvalue weighted by Crippen LogP contribution is -2.20. The molecule has 0 aromatic carbocycles. The number of hydrogen-bond donors (Lipinski definition) is 4. The average molecular weight is 357 g/mol. The molecule has 1 atom stereocenters. The van der Waals surface area contributed by atoms with E-state index in [1.165, 1.54) is 6.20 Å². The molecular weight excluding hydrogens is 337 g/mol. The Hall–Kier alpha value is -2.00. The van der Waals surface area contributed by atoms with Gasteiger partial charge >= 0.3 is 7.60 Å². The molecule has 24 heavy (non-hydrogen) atoms. The Morgan fingerprint density at radius 3 is 2.67 bits per heavy atom. The third-order valence-corrected chi connectivity index (χ3v) is 3.94. The summed E-state index contributed by atoms with van der Waals surface area (Å²) in [6.45, 7) is 3.72. The highest BCUT2D eigenvalue weighted by molar-refractivity contribution is 7.51. The molecule has 2 rings (SSSR count). The molecular formula is C13H20N5O5P. The molecule has 1 amide bonds. The fourth-order valence-corrected chi connectivity index (χ4v) is 2.78. The van der Waals surface area contributed by atoms with E-state index in [4.69, 9.17) is 26.0 Å². The highest BCUT2D eigenvalue weighted by Gasteiger charge is 2.21.